The van der Waals surface area contributed by atoms with Gasteiger partial charge in [0.05, 0.1) is 0 Å². The molecule has 84 valence electrons. The van der Waals surface area contributed by atoms with E-state index < -0.39 is 0 Å². The Labute approximate surface area is 89.9 Å². The summed E-state index contributed by atoms with van der Waals surface area (Å²) in [5.74, 6) is 0. The van der Waals surface area contributed by atoms with Gasteiger partial charge in [0.2, 0.25) is 0 Å². The predicted octanol–water partition coefficient (Wildman–Crippen LogP) is 3.83. The number of hydrogen-bond donors (Lipinski definition) is 0. The summed E-state index contributed by atoms with van der Waals surface area (Å²) in [5, 5.41) is 0. The maximum absolute atomic E-state index is 2.74. The number of unbranched alkanes of at least 4 members (excludes halogenated alkanes) is 3. The van der Waals surface area contributed by atoms with E-state index in [0.29, 0.717) is 0 Å². The van der Waals surface area contributed by atoms with Crippen LogP contribution in [0.25, 0.3) is 0 Å². The molecule has 14 heavy (non-hydrogen) atoms. The second kappa shape index (κ2) is 7.28. The van der Waals surface area contributed by atoms with Crippen molar-refractivity contribution in [3.63, 3.8) is 0 Å². The molecule has 0 amide bonds. The number of rotatable bonds is 7. The van der Waals surface area contributed by atoms with Crippen molar-refractivity contribution in [2.24, 2.45) is 0 Å². The standard InChI is InChI=1S/C13H27N/c1-3-5-7-9-13-10-8-12-14(13)11-6-4-2/h13H,3-12H2,1-2H3. The average molecular weight is 197 g/mol. The van der Waals surface area contributed by atoms with Crippen molar-refractivity contribution in [3.05, 3.63) is 0 Å². The summed E-state index contributed by atoms with van der Waals surface area (Å²) in [6, 6.07) is 0.938. The topological polar surface area (TPSA) is 3.24 Å². The Bertz CT molecular complexity index is 133. The van der Waals surface area contributed by atoms with Crippen molar-refractivity contribution in [1.82, 2.24) is 4.90 Å². The molecule has 0 bridgehead atoms. The van der Waals surface area contributed by atoms with Gasteiger partial charge in [0.1, 0.15) is 0 Å². The van der Waals surface area contributed by atoms with E-state index in [2.05, 4.69) is 18.7 Å². The Morgan fingerprint density at radius 1 is 1.07 bits per heavy atom. The van der Waals surface area contributed by atoms with Gasteiger partial charge >= 0.3 is 0 Å². The normalized spacial score (nSPS) is 23.1. The van der Waals surface area contributed by atoms with Crippen LogP contribution in [-0.4, -0.2) is 24.0 Å². The lowest BCUT2D eigenvalue weighted by Gasteiger charge is -2.24. The Kier molecular flexibility index (Phi) is 6.25. The van der Waals surface area contributed by atoms with Gasteiger partial charge in [-0.2, -0.15) is 0 Å². The van der Waals surface area contributed by atoms with E-state index in [0.717, 1.165) is 6.04 Å². The number of likely N-dealkylation sites (tertiary alicyclic amines) is 1. The monoisotopic (exact) mass is 197 g/mol. The van der Waals surface area contributed by atoms with Gasteiger partial charge in [0.25, 0.3) is 0 Å². The lowest BCUT2D eigenvalue weighted by atomic mass is 10.1. The highest BCUT2D eigenvalue weighted by Crippen LogP contribution is 2.22. The molecule has 1 heteroatoms. The highest BCUT2D eigenvalue weighted by atomic mass is 15.2. The van der Waals surface area contributed by atoms with Crippen LogP contribution < -0.4 is 0 Å². The zero-order chi connectivity index (χ0) is 10.2. The second-order valence-electron chi connectivity index (χ2n) is 4.68. The molecule has 0 radical (unpaired) electrons. The molecule has 0 saturated carbocycles. The minimum Gasteiger partial charge on any atom is -0.300 e. The SMILES string of the molecule is CCCCCC1CCCN1CCCC. The van der Waals surface area contributed by atoms with E-state index in [4.69, 9.17) is 0 Å². The van der Waals surface area contributed by atoms with Crippen molar-refractivity contribution in [2.45, 2.75) is 71.3 Å². The molecule has 1 nitrogen and oxygen atoms in total. The van der Waals surface area contributed by atoms with Crippen molar-refractivity contribution < 1.29 is 0 Å². The molecule has 1 heterocycles. The molecule has 0 N–H and O–H groups in total. The van der Waals surface area contributed by atoms with Crippen molar-refractivity contribution in [2.75, 3.05) is 13.1 Å². The molecular formula is C13H27N. The van der Waals surface area contributed by atoms with Crippen LogP contribution in [0, 0.1) is 0 Å². The fraction of sp³-hybridized carbons (Fsp3) is 1.00. The highest BCUT2D eigenvalue weighted by Gasteiger charge is 2.22. The summed E-state index contributed by atoms with van der Waals surface area (Å²) < 4.78 is 0. The fourth-order valence-corrected chi connectivity index (χ4v) is 2.51. The average Bonchev–Trinajstić information content (AvgIpc) is 2.63. The third-order valence-corrected chi connectivity index (χ3v) is 3.44. The molecule has 1 fully saturated rings. The summed E-state index contributed by atoms with van der Waals surface area (Å²) in [5.41, 5.74) is 0. The van der Waals surface area contributed by atoms with E-state index >= 15 is 0 Å². The molecule has 1 aliphatic heterocycles. The third kappa shape index (κ3) is 4.00. The molecule has 1 aliphatic rings. The van der Waals surface area contributed by atoms with Gasteiger partial charge in [0, 0.05) is 6.04 Å². The lowest BCUT2D eigenvalue weighted by Crippen LogP contribution is -2.30. The summed E-state index contributed by atoms with van der Waals surface area (Å²) in [6.07, 6.45) is 11.3. The van der Waals surface area contributed by atoms with Crippen molar-refractivity contribution >= 4 is 0 Å². The summed E-state index contributed by atoms with van der Waals surface area (Å²) >= 11 is 0. The van der Waals surface area contributed by atoms with Gasteiger partial charge in [-0.15, -0.1) is 0 Å². The van der Waals surface area contributed by atoms with Gasteiger partial charge in [-0.1, -0.05) is 39.5 Å². The summed E-state index contributed by atoms with van der Waals surface area (Å²) in [6.45, 7) is 7.32. The zero-order valence-corrected chi connectivity index (χ0v) is 10.1. The van der Waals surface area contributed by atoms with E-state index in [1.54, 1.807) is 0 Å². The molecule has 1 rings (SSSR count). The van der Waals surface area contributed by atoms with Crippen LogP contribution in [0.3, 0.4) is 0 Å². The van der Waals surface area contributed by atoms with E-state index in [1.807, 2.05) is 0 Å². The first-order valence-corrected chi connectivity index (χ1v) is 6.62. The highest BCUT2D eigenvalue weighted by molar-refractivity contribution is 4.78. The molecule has 1 saturated heterocycles. The molecule has 0 aromatic rings. The van der Waals surface area contributed by atoms with Crippen molar-refractivity contribution in [3.8, 4) is 0 Å². The summed E-state index contributed by atoms with van der Waals surface area (Å²) in [4.78, 5) is 2.74. The first kappa shape index (κ1) is 12.0. The van der Waals surface area contributed by atoms with E-state index in [9.17, 15) is 0 Å². The third-order valence-electron chi connectivity index (χ3n) is 3.44. The van der Waals surface area contributed by atoms with Gasteiger partial charge in [-0.05, 0) is 38.8 Å². The first-order chi connectivity index (χ1) is 6.88. The maximum Gasteiger partial charge on any atom is 0.00957 e. The zero-order valence-electron chi connectivity index (χ0n) is 10.1. The molecular weight excluding hydrogens is 170 g/mol. The molecule has 0 aromatic carbocycles. The smallest absolute Gasteiger partial charge is 0.00957 e. The fourth-order valence-electron chi connectivity index (χ4n) is 2.51. The Morgan fingerprint density at radius 2 is 1.86 bits per heavy atom. The van der Waals surface area contributed by atoms with Crippen LogP contribution in [0.2, 0.25) is 0 Å². The predicted molar refractivity (Wildman–Crippen MR) is 63.6 cm³/mol. The molecule has 1 unspecified atom stereocenters. The Hall–Kier alpha value is -0.0400. The van der Waals surface area contributed by atoms with Crippen molar-refractivity contribution in [1.29, 1.82) is 0 Å². The van der Waals surface area contributed by atoms with Gasteiger partial charge in [-0.25, -0.2) is 0 Å². The van der Waals surface area contributed by atoms with Crippen LogP contribution in [0.4, 0.5) is 0 Å². The maximum atomic E-state index is 2.74. The largest absolute Gasteiger partial charge is 0.300 e. The van der Waals surface area contributed by atoms with Crippen LogP contribution >= 0.6 is 0 Å². The quantitative estimate of drug-likeness (QED) is 0.561. The second-order valence-corrected chi connectivity index (χ2v) is 4.68. The number of nitrogens with zero attached hydrogens (tertiary/aromatic N) is 1. The van der Waals surface area contributed by atoms with Crippen LogP contribution in [0.5, 0.6) is 0 Å². The Morgan fingerprint density at radius 3 is 2.57 bits per heavy atom. The minimum atomic E-state index is 0.938. The molecule has 0 aliphatic carbocycles. The lowest BCUT2D eigenvalue weighted by molar-refractivity contribution is 0.235. The molecule has 0 aromatic heterocycles. The van der Waals surface area contributed by atoms with Gasteiger partial charge in [0.15, 0.2) is 0 Å². The Balaban J connectivity index is 2.14. The summed E-state index contributed by atoms with van der Waals surface area (Å²) in [7, 11) is 0. The molecule has 0 spiro atoms. The van der Waals surface area contributed by atoms with Gasteiger partial charge in [-0.3, -0.25) is 0 Å². The minimum absolute atomic E-state index is 0.938. The van der Waals surface area contributed by atoms with E-state index in [-0.39, 0.29) is 0 Å². The van der Waals surface area contributed by atoms with E-state index in [1.165, 1.54) is 64.5 Å². The van der Waals surface area contributed by atoms with Gasteiger partial charge < -0.3 is 4.90 Å². The number of hydrogen-bond acceptors (Lipinski definition) is 1. The van der Waals surface area contributed by atoms with Crippen LogP contribution in [0.15, 0.2) is 0 Å². The van der Waals surface area contributed by atoms with Crippen LogP contribution in [0.1, 0.15) is 65.2 Å². The first-order valence-electron chi connectivity index (χ1n) is 6.62. The van der Waals surface area contributed by atoms with Crippen LogP contribution in [-0.2, 0) is 0 Å². The molecule has 1 atom stereocenters.